The number of carbonyl (C=O) groups excluding carboxylic acids is 1. The van der Waals surface area contributed by atoms with Gasteiger partial charge in [0.1, 0.15) is 5.37 Å². The highest BCUT2D eigenvalue weighted by molar-refractivity contribution is 9.10. The number of hydrogen-bond donors (Lipinski definition) is 0. The zero-order valence-corrected chi connectivity index (χ0v) is 16.4. The van der Waals surface area contributed by atoms with Crippen molar-refractivity contribution in [1.29, 1.82) is 0 Å². The average molecular weight is 417 g/mol. The van der Waals surface area contributed by atoms with E-state index in [4.69, 9.17) is 0 Å². The second kappa shape index (κ2) is 7.50. The highest BCUT2D eigenvalue weighted by Gasteiger charge is 2.39. The van der Waals surface area contributed by atoms with Gasteiger partial charge in [-0.1, -0.05) is 47.3 Å². The molecule has 130 valence electrons. The van der Waals surface area contributed by atoms with Gasteiger partial charge in [-0.25, -0.2) is 0 Å². The fourth-order valence-electron chi connectivity index (χ4n) is 3.93. The molecule has 25 heavy (non-hydrogen) atoms. The summed E-state index contributed by atoms with van der Waals surface area (Å²) in [6.07, 6.45) is 9.83. The maximum atomic E-state index is 12.6. The number of amides is 1. The van der Waals surface area contributed by atoms with Gasteiger partial charge in [-0.05, 0) is 42.2 Å². The lowest BCUT2D eigenvalue weighted by Crippen LogP contribution is -2.39. The van der Waals surface area contributed by atoms with Crippen LogP contribution in [0, 0.1) is 0 Å². The van der Waals surface area contributed by atoms with Crippen LogP contribution < -0.4 is 0 Å². The molecule has 3 nitrogen and oxygen atoms in total. The third-order valence-electron chi connectivity index (χ3n) is 5.15. The molecule has 1 aromatic carbocycles. The van der Waals surface area contributed by atoms with Crippen molar-refractivity contribution in [3.8, 4) is 11.1 Å². The Labute approximate surface area is 161 Å². The van der Waals surface area contributed by atoms with Crippen molar-refractivity contribution in [3.05, 3.63) is 52.8 Å². The zero-order chi connectivity index (χ0) is 17.2. The van der Waals surface area contributed by atoms with E-state index >= 15 is 0 Å². The van der Waals surface area contributed by atoms with Crippen LogP contribution in [-0.2, 0) is 4.79 Å². The maximum Gasteiger partial charge on any atom is 0.234 e. The molecular formula is C20H21BrN2OS. The van der Waals surface area contributed by atoms with Gasteiger partial charge in [0.05, 0.1) is 5.75 Å². The SMILES string of the molecule is O=C1CSC(c2cnccc2-c2ccc(Br)cc2)N1C1CCCCC1. The van der Waals surface area contributed by atoms with Crippen LogP contribution in [0.25, 0.3) is 11.1 Å². The number of nitrogens with zero attached hydrogens (tertiary/aromatic N) is 2. The Morgan fingerprint density at radius 3 is 2.60 bits per heavy atom. The molecule has 1 aromatic heterocycles. The molecule has 0 bridgehead atoms. The van der Waals surface area contributed by atoms with Crippen LogP contribution in [0.4, 0.5) is 0 Å². The van der Waals surface area contributed by atoms with Crippen molar-refractivity contribution in [3.63, 3.8) is 0 Å². The van der Waals surface area contributed by atoms with E-state index in [1.165, 1.54) is 30.4 Å². The number of aromatic nitrogens is 1. The van der Waals surface area contributed by atoms with Crippen molar-refractivity contribution in [2.75, 3.05) is 5.75 Å². The summed E-state index contributed by atoms with van der Waals surface area (Å²) in [5.74, 6) is 0.864. The van der Waals surface area contributed by atoms with E-state index in [2.05, 4.69) is 56.1 Å². The van der Waals surface area contributed by atoms with Crippen LogP contribution in [0.2, 0.25) is 0 Å². The van der Waals surface area contributed by atoms with Crippen LogP contribution in [0.3, 0.4) is 0 Å². The molecule has 2 heterocycles. The highest BCUT2D eigenvalue weighted by Crippen LogP contribution is 2.45. The molecule has 1 aliphatic carbocycles. The Morgan fingerprint density at radius 1 is 1.08 bits per heavy atom. The minimum Gasteiger partial charge on any atom is -0.323 e. The molecule has 2 fully saturated rings. The van der Waals surface area contributed by atoms with Crippen molar-refractivity contribution in [1.82, 2.24) is 9.88 Å². The van der Waals surface area contributed by atoms with Gasteiger partial charge in [0.2, 0.25) is 5.91 Å². The number of pyridine rings is 1. The monoisotopic (exact) mass is 416 g/mol. The molecular weight excluding hydrogens is 396 g/mol. The first-order valence-corrected chi connectivity index (χ1v) is 10.7. The van der Waals surface area contributed by atoms with Gasteiger partial charge in [-0.2, -0.15) is 0 Å². The van der Waals surface area contributed by atoms with Crippen LogP contribution in [0.1, 0.15) is 43.0 Å². The van der Waals surface area contributed by atoms with Crippen LogP contribution in [0.15, 0.2) is 47.2 Å². The largest absolute Gasteiger partial charge is 0.323 e. The van der Waals surface area contributed by atoms with Crippen molar-refractivity contribution >= 4 is 33.6 Å². The third kappa shape index (κ3) is 3.49. The standard InChI is InChI=1S/C20H21BrN2OS/c21-15-8-6-14(7-9-15)17-10-11-22-12-18(17)20-23(19(24)13-25-20)16-4-2-1-3-5-16/h6-12,16,20H,1-5,13H2. The van der Waals surface area contributed by atoms with Crippen LogP contribution in [0.5, 0.6) is 0 Å². The van der Waals surface area contributed by atoms with Gasteiger partial charge < -0.3 is 4.90 Å². The van der Waals surface area contributed by atoms with Gasteiger partial charge in [0, 0.05) is 28.5 Å². The summed E-state index contributed by atoms with van der Waals surface area (Å²) >= 11 is 5.25. The summed E-state index contributed by atoms with van der Waals surface area (Å²) in [6.45, 7) is 0. The summed E-state index contributed by atoms with van der Waals surface area (Å²) in [7, 11) is 0. The molecule has 1 aliphatic heterocycles. The quantitative estimate of drug-likeness (QED) is 0.669. The van der Waals surface area contributed by atoms with Gasteiger partial charge in [-0.3, -0.25) is 9.78 Å². The zero-order valence-electron chi connectivity index (χ0n) is 14.0. The van der Waals surface area contributed by atoms with E-state index in [0.717, 1.165) is 22.9 Å². The van der Waals surface area contributed by atoms with Crippen molar-refractivity contribution in [2.24, 2.45) is 0 Å². The van der Waals surface area contributed by atoms with E-state index in [1.54, 1.807) is 11.8 Å². The molecule has 4 rings (SSSR count). The second-order valence-electron chi connectivity index (χ2n) is 6.73. The van der Waals surface area contributed by atoms with Gasteiger partial charge >= 0.3 is 0 Å². The van der Waals surface area contributed by atoms with Gasteiger partial charge in [0.25, 0.3) is 0 Å². The number of carbonyl (C=O) groups is 1. The summed E-state index contributed by atoms with van der Waals surface area (Å²) in [4.78, 5) is 19.2. The maximum absolute atomic E-state index is 12.6. The third-order valence-corrected chi connectivity index (χ3v) is 6.89. The molecule has 1 atom stereocenters. The minimum absolute atomic E-state index is 0.0861. The van der Waals surface area contributed by atoms with E-state index < -0.39 is 0 Å². The lowest BCUT2D eigenvalue weighted by molar-refractivity contribution is -0.131. The minimum atomic E-state index is 0.0861. The Morgan fingerprint density at radius 2 is 1.84 bits per heavy atom. The van der Waals surface area contributed by atoms with Crippen LogP contribution in [-0.4, -0.2) is 27.6 Å². The fourth-order valence-corrected chi connectivity index (χ4v) is 5.46. The Kier molecular flexibility index (Phi) is 5.13. The van der Waals surface area contributed by atoms with Gasteiger partial charge in [-0.15, -0.1) is 11.8 Å². The lowest BCUT2D eigenvalue weighted by atomic mass is 9.93. The molecule has 5 heteroatoms. The first-order chi connectivity index (χ1) is 12.2. The topological polar surface area (TPSA) is 33.2 Å². The summed E-state index contributed by atoms with van der Waals surface area (Å²) < 4.78 is 1.07. The Bertz CT molecular complexity index is 759. The molecule has 1 saturated carbocycles. The van der Waals surface area contributed by atoms with Gasteiger partial charge in [0.15, 0.2) is 0 Å². The predicted octanol–water partition coefficient (Wildman–Crippen LogP) is 5.42. The molecule has 0 spiro atoms. The normalized spacial score (nSPS) is 21.7. The van der Waals surface area contributed by atoms with Crippen molar-refractivity contribution < 1.29 is 4.79 Å². The molecule has 1 unspecified atom stereocenters. The average Bonchev–Trinajstić information content (AvgIpc) is 3.04. The van der Waals surface area contributed by atoms with E-state index in [0.29, 0.717) is 11.8 Å². The predicted molar refractivity (Wildman–Crippen MR) is 106 cm³/mol. The summed E-state index contributed by atoms with van der Waals surface area (Å²) in [5, 5.41) is 0.0861. The molecule has 1 amide bonds. The number of thioether (sulfide) groups is 1. The summed E-state index contributed by atoms with van der Waals surface area (Å²) in [6, 6.07) is 10.8. The van der Waals surface area contributed by atoms with E-state index in [9.17, 15) is 4.79 Å². The van der Waals surface area contributed by atoms with E-state index in [1.807, 2.05) is 12.4 Å². The van der Waals surface area contributed by atoms with Crippen LogP contribution >= 0.6 is 27.7 Å². The molecule has 2 aromatic rings. The Hall–Kier alpha value is -1.33. The smallest absolute Gasteiger partial charge is 0.234 e. The first kappa shape index (κ1) is 17.1. The number of benzene rings is 1. The second-order valence-corrected chi connectivity index (χ2v) is 8.71. The summed E-state index contributed by atoms with van der Waals surface area (Å²) in [5.41, 5.74) is 3.51. The lowest BCUT2D eigenvalue weighted by Gasteiger charge is -2.35. The molecule has 0 N–H and O–H groups in total. The van der Waals surface area contributed by atoms with E-state index in [-0.39, 0.29) is 11.3 Å². The number of hydrogen-bond acceptors (Lipinski definition) is 3. The fraction of sp³-hybridized carbons (Fsp3) is 0.400. The molecule has 2 aliphatic rings. The Balaban J connectivity index is 1.71. The number of rotatable bonds is 3. The number of halogens is 1. The highest BCUT2D eigenvalue weighted by atomic mass is 79.9. The molecule has 1 saturated heterocycles. The first-order valence-electron chi connectivity index (χ1n) is 8.86. The van der Waals surface area contributed by atoms with Crippen molar-refractivity contribution in [2.45, 2.75) is 43.5 Å². The molecule has 0 radical (unpaired) electrons.